The molecule has 0 radical (unpaired) electrons. The minimum Gasteiger partial charge on any atom is -0.337 e. The van der Waals surface area contributed by atoms with Gasteiger partial charge in [0.1, 0.15) is 0 Å². The summed E-state index contributed by atoms with van der Waals surface area (Å²) < 4.78 is 1.92. The molecule has 1 amide bonds. The number of carbonyl (C=O) groups is 1. The molecular formula is C22H24N4O. The molecule has 0 unspecified atom stereocenters. The van der Waals surface area contributed by atoms with Crippen molar-refractivity contribution >= 4 is 16.8 Å². The van der Waals surface area contributed by atoms with Crippen LogP contribution in [-0.4, -0.2) is 57.7 Å². The maximum atomic E-state index is 12.9. The maximum absolute atomic E-state index is 12.9. The SMILES string of the molecule is O=C(c1ccc(-n2ncc3ccccc32)cc1)N1CC[C@H](N2CCCC2)C1. The van der Waals surface area contributed by atoms with Crippen molar-refractivity contribution in [3.8, 4) is 5.69 Å². The fourth-order valence-electron chi connectivity index (χ4n) is 4.44. The molecule has 0 aliphatic carbocycles. The molecule has 27 heavy (non-hydrogen) atoms. The second kappa shape index (κ2) is 6.82. The van der Waals surface area contributed by atoms with Crippen LogP contribution in [0.5, 0.6) is 0 Å². The molecule has 138 valence electrons. The lowest BCUT2D eigenvalue weighted by Crippen LogP contribution is -2.37. The Kier molecular flexibility index (Phi) is 4.17. The van der Waals surface area contributed by atoms with E-state index < -0.39 is 0 Å². The molecule has 2 aliphatic rings. The molecule has 0 saturated carbocycles. The largest absolute Gasteiger partial charge is 0.337 e. The minimum atomic E-state index is 0.147. The molecule has 2 aliphatic heterocycles. The van der Waals surface area contributed by atoms with Gasteiger partial charge in [-0.15, -0.1) is 0 Å². The number of amides is 1. The van der Waals surface area contributed by atoms with Gasteiger partial charge >= 0.3 is 0 Å². The van der Waals surface area contributed by atoms with Gasteiger partial charge in [0.15, 0.2) is 0 Å². The average molecular weight is 360 g/mol. The van der Waals surface area contributed by atoms with Crippen molar-refractivity contribution < 1.29 is 4.79 Å². The highest BCUT2D eigenvalue weighted by atomic mass is 16.2. The summed E-state index contributed by atoms with van der Waals surface area (Å²) in [5.74, 6) is 0.147. The number of benzene rings is 2. The summed E-state index contributed by atoms with van der Waals surface area (Å²) in [4.78, 5) is 17.5. The second-order valence-corrected chi connectivity index (χ2v) is 7.60. The predicted octanol–water partition coefficient (Wildman–Crippen LogP) is 3.34. The lowest BCUT2D eigenvalue weighted by atomic mass is 10.1. The van der Waals surface area contributed by atoms with E-state index in [4.69, 9.17) is 0 Å². The Labute approximate surface area is 159 Å². The summed E-state index contributed by atoms with van der Waals surface area (Å²) in [5, 5.41) is 5.60. The van der Waals surface area contributed by atoms with Gasteiger partial charge in [0.2, 0.25) is 0 Å². The van der Waals surface area contributed by atoms with Crippen LogP contribution >= 0.6 is 0 Å². The third-order valence-electron chi connectivity index (χ3n) is 5.94. The standard InChI is InChI=1S/C22H24N4O/c27-22(25-14-11-20(16-25)24-12-3-4-13-24)17-7-9-19(10-8-17)26-21-6-2-1-5-18(21)15-23-26/h1-2,5-10,15,20H,3-4,11-14,16H2/t20-/m0/s1. The molecule has 1 atom stereocenters. The molecule has 3 heterocycles. The van der Waals surface area contributed by atoms with Crippen molar-refractivity contribution in [1.82, 2.24) is 19.6 Å². The third-order valence-corrected chi connectivity index (χ3v) is 5.94. The van der Waals surface area contributed by atoms with Gasteiger partial charge in [-0.05, 0) is 62.7 Å². The number of hydrogen-bond acceptors (Lipinski definition) is 3. The van der Waals surface area contributed by atoms with Crippen LogP contribution in [0, 0.1) is 0 Å². The van der Waals surface area contributed by atoms with E-state index in [1.807, 2.05) is 52.2 Å². The number of para-hydroxylation sites is 1. The molecule has 2 fully saturated rings. The summed E-state index contributed by atoms with van der Waals surface area (Å²) in [6.45, 7) is 4.12. The first-order valence-corrected chi connectivity index (χ1v) is 9.86. The molecule has 5 nitrogen and oxygen atoms in total. The molecule has 1 aromatic heterocycles. The highest BCUT2D eigenvalue weighted by molar-refractivity contribution is 5.94. The molecule has 5 rings (SSSR count). The molecule has 0 N–H and O–H groups in total. The van der Waals surface area contributed by atoms with E-state index in [-0.39, 0.29) is 5.91 Å². The Bertz CT molecular complexity index is 956. The predicted molar refractivity (Wildman–Crippen MR) is 106 cm³/mol. The first-order chi connectivity index (χ1) is 13.3. The van der Waals surface area contributed by atoms with Crippen LogP contribution < -0.4 is 0 Å². The topological polar surface area (TPSA) is 41.4 Å². The fraction of sp³-hybridized carbons (Fsp3) is 0.364. The van der Waals surface area contributed by atoms with Crippen LogP contribution in [0.25, 0.3) is 16.6 Å². The number of fused-ring (bicyclic) bond motifs is 1. The Hall–Kier alpha value is -2.66. The van der Waals surface area contributed by atoms with Gasteiger partial charge in [-0.25, -0.2) is 4.68 Å². The number of nitrogens with zero attached hydrogens (tertiary/aromatic N) is 4. The quantitative estimate of drug-likeness (QED) is 0.719. The van der Waals surface area contributed by atoms with Crippen LogP contribution in [0.3, 0.4) is 0 Å². The molecule has 2 aromatic carbocycles. The fourth-order valence-corrected chi connectivity index (χ4v) is 4.44. The van der Waals surface area contributed by atoms with Crippen LogP contribution in [0.2, 0.25) is 0 Å². The van der Waals surface area contributed by atoms with Crippen LogP contribution in [0.15, 0.2) is 54.7 Å². The first kappa shape index (κ1) is 16.5. The van der Waals surface area contributed by atoms with Gasteiger partial charge in [-0.3, -0.25) is 9.69 Å². The van der Waals surface area contributed by atoms with Crippen molar-refractivity contribution in [1.29, 1.82) is 0 Å². The molecule has 0 spiro atoms. The Morgan fingerprint density at radius 1 is 0.963 bits per heavy atom. The van der Waals surface area contributed by atoms with E-state index in [0.29, 0.717) is 6.04 Å². The van der Waals surface area contributed by atoms with Gasteiger partial charge in [0, 0.05) is 30.1 Å². The summed E-state index contributed by atoms with van der Waals surface area (Å²) in [6, 6.07) is 16.5. The first-order valence-electron chi connectivity index (χ1n) is 9.86. The number of hydrogen-bond donors (Lipinski definition) is 0. The van der Waals surface area contributed by atoms with E-state index >= 15 is 0 Å². The van der Waals surface area contributed by atoms with Crippen molar-refractivity contribution in [2.45, 2.75) is 25.3 Å². The summed E-state index contributed by atoms with van der Waals surface area (Å²) in [5.41, 5.74) is 2.81. The van der Waals surface area contributed by atoms with Crippen molar-refractivity contribution in [3.05, 3.63) is 60.3 Å². The number of likely N-dealkylation sites (tertiary alicyclic amines) is 2. The maximum Gasteiger partial charge on any atom is 0.253 e. The molecule has 5 heteroatoms. The number of aromatic nitrogens is 2. The Morgan fingerprint density at radius 2 is 1.74 bits per heavy atom. The monoisotopic (exact) mass is 360 g/mol. The summed E-state index contributed by atoms with van der Waals surface area (Å²) in [6.07, 6.45) is 5.57. The van der Waals surface area contributed by atoms with Gasteiger partial charge in [0.05, 0.1) is 17.4 Å². The zero-order valence-electron chi connectivity index (χ0n) is 15.4. The third kappa shape index (κ3) is 3.02. The van der Waals surface area contributed by atoms with Crippen molar-refractivity contribution in [2.75, 3.05) is 26.2 Å². The van der Waals surface area contributed by atoms with Crippen LogP contribution in [0.4, 0.5) is 0 Å². The van der Waals surface area contributed by atoms with Gasteiger partial charge in [0.25, 0.3) is 5.91 Å². The van der Waals surface area contributed by atoms with E-state index in [9.17, 15) is 4.79 Å². The second-order valence-electron chi connectivity index (χ2n) is 7.60. The molecule has 3 aromatic rings. The zero-order valence-corrected chi connectivity index (χ0v) is 15.4. The average Bonchev–Trinajstić information content (AvgIpc) is 3.47. The highest BCUT2D eigenvalue weighted by Crippen LogP contribution is 2.23. The lowest BCUT2D eigenvalue weighted by molar-refractivity contribution is 0.0780. The van der Waals surface area contributed by atoms with Crippen molar-refractivity contribution in [2.24, 2.45) is 0 Å². The van der Waals surface area contributed by atoms with E-state index in [0.717, 1.165) is 41.7 Å². The highest BCUT2D eigenvalue weighted by Gasteiger charge is 2.31. The Balaban J connectivity index is 1.32. The normalized spacial score (nSPS) is 20.6. The van der Waals surface area contributed by atoms with Gasteiger partial charge < -0.3 is 4.90 Å². The zero-order chi connectivity index (χ0) is 18.2. The van der Waals surface area contributed by atoms with E-state index in [1.165, 1.54) is 25.9 Å². The number of carbonyl (C=O) groups excluding carboxylic acids is 1. The van der Waals surface area contributed by atoms with Crippen LogP contribution in [-0.2, 0) is 0 Å². The minimum absolute atomic E-state index is 0.147. The van der Waals surface area contributed by atoms with Gasteiger partial charge in [-0.1, -0.05) is 18.2 Å². The summed E-state index contributed by atoms with van der Waals surface area (Å²) in [7, 11) is 0. The van der Waals surface area contributed by atoms with Crippen LogP contribution in [0.1, 0.15) is 29.6 Å². The molecule has 2 saturated heterocycles. The Morgan fingerprint density at radius 3 is 2.56 bits per heavy atom. The summed E-state index contributed by atoms with van der Waals surface area (Å²) >= 11 is 0. The molecule has 0 bridgehead atoms. The van der Waals surface area contributed by atoms with Crippen molar-refractivity contribution in [3.63, 3.8) is 0 Å². The molecular weight excluding hydrogens is 336 g/mol. The smallest absolute Gasteiger partial charge is 0.253 e. The van der Waals surface area contributed by atoms with E-state index in [2.05, 4.69) is 22.1 Å². The number of rotatable bonds is 3. The lowest BCUT2D eigenvalue weighted by Gasteiger charge is -2.23. The van der Waals surface area contributed by atoms with Gasteiger partial charge in [-0.2, -0.15) is 5.10 Å². The van der Waals surface area contributed by atoms with E-state index in [1.54, 1.807) is 0 Å².